The summed E-state index contributed by atoms with van der Waals surface area (Å²) in [4.78, 5) is 23.2. The van der Waals surface area contributed by atoms with Crippen LogP contribution in [0.15, 0.2) is 24.4 Å². The smallest absolute Gasteiger partial charge is 0.340 e. The maximum Gasteiger partial charge on any atom is 0.340 e. The third kappa shape index (κ3) is 1.95. The molecule has 0 saturated heterocycles. The van der Waals surface area contributed by atoms with Crippen molar-refractivity contribution in [3.8, 4) is 0 Å². The summed E-state index contributed by atoms with van der Waals surface area (Å²) < 4.78 is 6.56. The highest BCUT2D eigenvalue weighted by atomic mass is 16.5. The molecule has 94 valence electrons. The van der Waals surface area contributed by atoms with Crippen molar-refractivity contribution in [3.05, 3.63) is 41.2 Å². The molecule has 1 amide bonds. The highest BCUT2D eigenvalue weighted by molar-refractivity contribution is 6.02. The molecule has 0 aliphatic carbocycles. The maximum absolute atomic E-state index is 11.8. The third-order valence-corrected chi connectivity index (χ3v) is 2.67. The Kier molecular flexibility index (Phi) is 3.06. The number of esters is 1. The first-order chi connectivity index (χ1) is 8.54. The van der Waals surface area contributed by atoms with Crippen LogP contribution >= 0.6 is 0 Å². The van der Waals surface area contributed by atoms with Gasteiger partial charge in [0.2, 0.25) is 0 Å². The zero-order valence-electron chi connectivity index (χ0n) is 10.3. The Balaban J connectivity index is 2.69. The Morgan fingerprint density at radius 2 is 2.11 bits per heavy atom. The van der Waals surface area contributed by atoms with Crippen molar-refractivity contribution >= 4 is 17.4 Å². The third-order valence-electron chi connectivity index (χ3n) is 2.67. The molecule has 0 aliphatic rings. The van der Waals surface area contributed by atoms with Crippen LogP contribution in [-0.4, -0.2) is 22.9 Å². The number of primary amides is 1. The molecule has 0 atom stereocenters. The second-order valence-electron chi connectivity index (χ2n) is 3.99. The Morgan fingerprint density at radius 1 is 1.39 bits per heavy atom. The van der Waals surface area contributed by atoms with Crippen molar-refractivity contribution < 1.29 is 14.3 Å². The van der Waals surface area contributed by atoms with E-state index in [9.17, 15) is 9.59 Å². The van der Waals surface area contributed by atoms with Gasteiger partial charge < -0.3 is 14.9 Å². The van der Waals surface area contributed by atoms with Crippen molar-refractivity contribution in [2.24, 2.45) is 5.73 Å². The SMILES string of the molecule is CCOC(=O)c1cc(C(N)=O)n2ccc(C)cc12. The number of rotatable bonds is 3. The predicted octanol–water partition coefficient (Wildman–Crippen LogP) is 1.52. The molecular formula is C13H14N2O3. The molecular weight excluding hydrogens is 232 g/mol. The first kappa shape index (κ1) is 12.2. The zero-order chi connectivity index (χ0) is 13.3. The Labute approximate surface area is 104 Å². The molecule has 0 saturated carbocycles. The van der Waals surface area contributed by atoms with Crippen molar-refractivity contribution in [1.29, 1.82) is 0 Å². The largest absolute Gasteiger partial charge is 0.462 e. The van der Waals surface area contributed by atoms with Gasteiger partial charge in [-0.2, -0.15) is 0 Å². The summed E-state index contributed by atoms with van der Waals surface area (Å²) in [7, 11) is 0. The van der Waals surface area contributed by atoms with Crippen molar-refractivity contribution in [1.82, 2.24) is 4.40 Å². The average Bonchev–Trinajstić information content (AvgIpc) is 2.68. The number of nitrogens with two attached hydrogens (primary N) is 1. The average molecular weight is 246 g/mol. The van der Waals surface area contributed by atoms with E-state index in [1.807, 2.05) is 19.1 Å². The molecule has 2 rings (SSSR count). The number of fused-ring (bicyclic) bond motifs is 1. The molecule has 2 heterocycles. The topological polar surface area (TPSA) is 73.8 Å². The molecule has 0 radical (unpaired) electrons. The second-order valence-corrected chi connectivity index (χ2v) is 3.99. The lowest BCUT2D eigenvalue weighted by atomic mass is 10.2. The molecule has 5 nitrogen and oxygen atoms in total. The fourth-order valence-corrected chi connectivity index (χ4v) is 1.87. The quantitative estimate of drug-likeness (QED) is 0.834. The number of ether oxygens (including phenoxy) is 1. The minimum Gasteiger partial charge on any atom is -0.462 e. The Hall–Kier alpha value is -2.30. The molecule has 0 bridgehead atoms. The van der Waals surface area contributed by atoms with Gasteiger partial charge in [0.15, 0.2) is 0 Å². The van der Waals surface area contributed by atoms with E-state index in [0.717, 1.165) is 5.56 Å². The second kappa shape index (κ2) is 4.52. The number of aromatic nitrogens is 1. The van der Waals surface area contributed by atoms with E-state index < -0.39 is 11.9 Å². The number of nitrogens with zero attached hydrogens (tertiary/aromatic N) is 1. The van der Waals surface area contributed by atoms with Crippen LogP contribution in [0.3, 0.4) is 0 Å². The van der Waals surface area contributed by atoms with Crippen molar-refractivity contribution in [2.75, 3.05) is 6.61 Å². The van der Waals surface area contributed by atoms with E-state index in [0.29, 0.717) is 11.1 Å². The summed E-state index contributed by atoms with van der Waals surface area (Å²) in [5, 5.41) is 0. The van der Waals surface area contributed by atoms with Gasteiger partial charge in [0.05, 0.1) is 17.7 Å². The van der Waals surface area contributed by atoms with Gasteiger partial charge in [0.1, 0.15) is 5.69 Å². The van der Waals surface area contributed by atoms with Crippen molar-refractivity contribution in [3.63, 3.8) is 0 Å². The summed E-state index contributed by atoms with van der Waals surface area (Å²) >= 11 is 0. The number of carbonyl (C=O) groups excluding carboxylic acids is 2. The highest BCUT2D eigenvalue weighted by Gasteiger charge is 2.18. The number of amides is 1. The Morgan fingerprint density at radius 3 is 2.72 bits per heavy atom. The molecule has 0 aliphatic heterocycles. The predicted molar refractivity (Wildman–Crippen MR) is 66.6 cm³/mol. The van der Waals surface area contributed by atoms with Gasteiger partial charge in [-0.3, -0.25) is 4.79 Å². The van der Waals surface area contributed by atoms with E-state index in [2.05, 4.69) is 0 Å². The molecule has 2 aromatic rings. The lowest BCUT2D eigenvalue weighted by molar-refractivity contribution is 0.0529. The molecule has 2 aromatic heterocycles. The van der Waals surface area contributed by atoms with Crippen LogP contribution in [0.1, 0.15) is 33.3 Å². The first-order valence-corrected chi connectivity index (χ1v) is 5.63. The van der Waals surface area contributed by atoms with E-state index in [-0.39, 0.29) is 12.3 Å². The minimum absolute atomic E-state index is 0.271. The van der Waals surface area contributed by atoms with E-state index in [4.69, 9.17) is 10.5 Å². The normalized spacial score (nSPS) is 10.6. The Bertz CT molecular complexity index is 628. The van der Waals surface area contributed by atoms with Crippen LogP contribution in [0.2, 0.25) is 0 Å². The van der Waals surface area contributed by atoms with E-state index in [1.54, 1.807) is 17.5 Å². The molecule has 2 N–H and O–H groups in total. The van der Waals surface area contributed by atoms with Gasteiger partial charge in [-0.25, -0.2) is 4.79 Å². The van der Waals surface area contributed by atoms with Gasteiger partial charge in [0.25, 0.3) is 5.91 Å². The van der Waals surface area contributed by atoms with E-state index >= 15 is 0 Å². The van der Waals surface area contributed by atoms with Crippen LogP contribution in [0.5, 0.6) is 0 Å². The van der Waals surface area contributed by atoms with Gasteiger partial charge in [-0.05, 0) is 37.6 Å². The lowest BCUT2D eigenvalue weighted by Gasteiger charge is -2.02. The number of aryl methyl sites for hydroxylation is 1. The molecule has 0 fully saturated rings. The minimum atomic E-state index is -0.579. The number of pyridine rings is 1. The monoisotopic (exact) mass is 246 g/mol. The fourth-order valence-electron chi connectivity index (χ4n) is 1.87. The summed E-state index contributed by atoms with van der Waals surface area (Å²) in [5.41, 5.74) is 7.54. The van der Waals surface area contributed by atoms with Gasteiger partial charge in [-0.1, -0.05) is 0 Å². The lowest BCUT2D eigenvalue weighted by Crippen LogP contribution is -2.13. The molecule has 0 spiro atoms. The van der Waals surface area contributed by atoms with E-state index in [1.165, 1.54) is 6.07 Å². The number of hydrogen-bond acceptors (Lipinski definition) is 3. The van der Waals surface area contributed by atoms with Gasteiger partial charge in [-0.15, -0.1) is 0 Å². The molecule has 0 aromatic carbocycles. The van der Waals surface area contributed by atoms with Crippen LogP contribution in [-0.2, 0) is 4.74 Å². The molecule has 5 heteroatoms. The molecule has 0 unspecified atom stereocenters. The summed E-state index contributed by atoms with van der Waals surface area (Å²) in [5.74, 6) is -1.03. The summed E-state index contributed by atoms with van der Waals surface area (Å²) in [6.07, 6.45) is 1.72. The molecule has 18 heavy (non-hydrogen) atoms. The highest BCUT2D eigenvalue weighted by Crippen LogP contribution is 2.19. The summed E-state index contributed by atoms with van der Waals surface area (Å²) in [6, 6.07) is 5.13. The number of hydrogen-bond donors (Lipinski definition) is 1. The standard InChI is InChI=1S/C13H14N2O3/c1-3-18-13(17)9-7-11(12(14)16)15-5-4-8(2)6-10(9)15/h4-7H,3H2,1-2H3,(H2,14,16). The van der Waals surface area contributed by atoms with Crippen LogP contribution in [0, 0.1) is 6.92 Å². The van der Waals surface area contributed by atoms with Crippen LogP contribution in [0.25, 0.3) is 5.52 Å². The summed E-state index contributed by atoms with van der Waals surface area (Å²) in [6.45, 7) is 3.93. The first-order valence-electron chi connectivity index (χ1n) is 5.63. The van der Waals surface area contributed by atoms with Crippen LogP contribution in [0.4, 0.5) is 0 Å². The van der Waals surface area contributed by atoms with Crippen molar-refractivity contribution in [2.45, 2.75) is 13.8 Å². The maximum atomic E-state index is 11.8. The van der Waals surface area contributed by atoms with Crippen LogP contribution < -0.4 is 5.73 Å². The number of carbonyl (C=O) groups is 2. The zero-order valence-corrected chi connectivity index (χ0v) is 10.3. The van der Waals surface area contributed by atoms with Gasteiger partial charge in [0, 0.05) is 6.20 Å². The fraction of sp³-hybridized carbons (Fsp3) is 0.231. The van der Waals surface area contributed by atoms with Gasteiger partial charge >= 0.3 is 5.97 Å².